The molecular weight excluding hydrogens is 340 g/mol. The summed E-state index contributed by atoms with van der Waals surface area (Å²) in [7, 11) is 0. The van der Waals surface area contributed by atoms with E-state index in [0.717, 1.165) is 12.0 Å². The molecule has 1 aromatic rings. The second kappa shape index (κ2) is 9.99. The Morgan fingerprint density at radius 3 is 2.56 bits per heavy atom. The van der Waals surface area contributed by atoms with Gasteiger partial charge >= 0.3 is 0 Å². The van der Waals surface area contributed by atoms with Crippen LogP contribution in [0.2, 0.25) is 0 Å². The van der Waals surface area contributed by atoms with Gasteiger partial charge in [-0.25, -0.2) is 15.0 Å². The number of rotatable bonds is 7. The summed E-state index contributed by atoms with van der Waals surface area (Å²) in [5, 5.41) is 0. The van der Waals surface area contributed by atoms with Gasteiger partial charge in [-0.2, -0.15) is 0 Å². The first-order valence-electron chi connectivity index (χ1n) is 9.38. The number of ether oxygens (including phenoxy) is 1. The predicted molar refractivity (Wildman–Crippen MR) is 112 cm³/mol. The second-order valence-corrected chi connectivity index (χ2v) is 6.81. The number of aliphatic imine (C=N–C) groups is 3. The summed E-state index contributed by atoms with van der Waals surface area (Å²) in [5.74, 6) is -0.950. The SMILES string of the molecule is CCCCCC[C@H](C)c1ccc(C2=N/C=C(\N)N=CN=COC2(N)N)cc1. The highest BCUT2D eigenvalue weighted by atomic mass is 16.5. The molecule has 2 rings (SSSR count). The average Bonchev–Trinajstić information content (AvgIpc) is 2.65. The van der Waals surface area contributed by atoms with E-state index in [9.17, 15) is 0 Å². The third-order valence-corrected chi connectivity index (χ3v) is 4.52. The Balaban J connectivity index is 2.19. The zero-order valence-electron chi connectivity index (χ0n) is 16.1. The fraction of sp³-hybridized carbons (Fsp3) is 0.450. The third kappa shape index (κ3) is 6.30. The van der Waals surface area contributed by atoms with Crippen molar-refractivity contribution in [3.8, 4) is 0 Å². The van der Waals surface area contributed by atoms with E-state index in [1.165, 1.54) is 50.2 Å². The molecule has 0 bridgehead atoms. The molecule has 146 valence electrons. The molecular formula is C20H30N6O. The Morgan fingerprint density at radius 1 is 1.11 bits per heavy atom. The summed E-state index contributed by atoms with van der Waals surface area (Å²) >= 11 is 0. The minimum absolute atomic E-state index is 0.194. The lowest BCUT2D eigenvalue weighted by molar-refractivity contribution is 0.153. The van der Waals surface area contributed by atoms with Crippen molar-refractivity contribution in [2.75, 3.05) is 0 Å². The molecule has 7 nitrogen and oxygen atoms in total. The Morgan fingerprint density at radius 2 is 1.85 bits per heavy atom. The number of unbranched alkanes of at least 4 members (excludes halogenated alkanes) is 3. The monoisotopic (exact) mass is 370 g/mol. The van der Waals surface area contributed by atoms with Gasteiger partial charge in [0.05, 0.1) is 6.20 Å². The second-order valence-electron chi connectivity index (χ2n) is 6.81. The van der Waals surface area contributed by atoms with E-state index >= 15 is 0 Å². The maximum Gasteiger partial charge on any atom is 0.258 e. The quantitative estimate of drug-likeness (QED) is 0.504. The van der Waals surface area contributed by atoms with Gasteiger partial charge in [0.15, 0.2) is 6.40 Å². The maximum atomic E-state index is 6.10. The molecule has 0 radical (unpaired) electrons. The molecule has 1 heterocycles. The number of hydrogen-bond donors (Lipinski definition) is 3. The van der Waals surface area contributed by atoms with Crippen molar-refractivity contribution in [1.82, 2.24) is 0 Å². The Labute approximate surface area is 161 Å². The van der Waals surface area contributed by atoms with Gasteiger partial charge < -0.3 is 10.5 Å². The first-order chi connectivity index (χ1) is 12.9. The van der Waals surface area contributed by atoms with Crippen molar-refractivity contribution in [2.45, 2.75) is 57.7 Å². The number of hydrogen-bond acceptors (Lipinski definition) is 7. The molecule has 6 N–H and O–H groups in total. The molecule has 1 aliphatic heterocycles. The fourth-order valence-electron chi connectivity index (χ4n) is 2.88. The molecule has 0 spiro atoms. The van der Waals surface area contributed by atoms with Crippen LogP contribution in [0.5, 0.6) is 0 Å². The molecule has 0 saturated carbocycles. The molecule has 1 atom stereocenters. The van der Waals surface area contributed by atoms with Gasteiger partial charge in [-0.05, 0) is 17.9 Å². The van der Waals surface area contributed by atoms with Gasteiger partial charge in [0.1, 0.15) is 17.9 Å². The normalized spacial score (nSPS) is 19.6. The number of benzene rings is 1. The summed E-state index contributed by atoms with van der Waals surface area (Å²) in [6.07, 6.45) is 10.0. The van der Waals surface area contributed by atoms with Gasteiger partial charge in [-0.15, -0.1) is 0 Å². The Kier molecular flexibility index (Phi) is 7.69. The van der Waals surface area contributed by atoms with Crippen molar-refractivity contribution in [3.05, 3.63) is 47.4 Å². The Bertz CT molecular complexity index is 718. The summed E-state index contributed by atoms with van der Waals surface area (Å²) in [5.41, 5.74) is 20.3. The van der Waals surface area contributed by atoms with Gasteiger partial charge in [0.2, 0.25) is 0 Å². The van der Waals surface area contributed by atoms with Crippen LogP contribution in [-0.4, -0.2) is 24.3 Å². The van der Waals surface area contributed by atoms with Crippen LogP contribution in [0, 0.1) is 0 Å². The average molecular weight is 371 g/mol. The minimum atomic E-state index is -1.64. The van der Waals surface area contributed by atoms with Crippen LogP contribution in [0.25, 0.3) is 0 Å². The van der Waals surface area contributed by atoms with E-state index in [2.05, 4.69) is 41.0 Å². The van der Waals surface area contributed by atoms with Crippen LogP contribution >= 0.6 is 0 Å². The summed E-state index contributed by atoms with van der Waals surface area (Å²) < 4.78 is 5.33. The van der Waals surface area contributed by atoms with Crippen molar-refractivity contribution >= 4 is 18.5 Å². The van der Waals surface area contributed by atoms with Gasteiger partial charge in [-0.3, -0.25) is 11.5 Å². The van der Waals surface area contributed by atoms with Crippen molar-refractivity contribution in [2.24, 2.45) is 32.2 Å². The molecule has 0 amide bonds. The molecule has 7 heteroatoms. The third-order valence-electron chi connectivity index (χ3n) is 4.52. The van der Waals surface area contributed by atoms with Crippen molar-refractivity contribution < 1.29 is 4.74 Å². The van der Waals surface area contributed by atoms with E-state index in [4.69, 9.17) is 21.9 Å². The van der Waals surface area contributed by atoms with Crippen LogP contribution in [0.4, 0.5) is 0 Å². The van der Waals surface area contributed by atoms with E-state index < -0.39 is 5.85 Å². The first kappa shape index (κ1) is 20.8. The maximum absolute atomic E-state index is 6.10. The van der Waals surface area contributed by atoms with E-state index in [1.807, 2.05) is 12.1 Å². The molecule has 0 aliphatic carbocycles. The molecule has 0 fully saturated rings. The van der Waals surface area contributed by atoms with Gasteiger partial charge in [-0.1, -0.05) is 63.8 Å². The van der Waals surface area contributed by atoms with Crippen LogP contribution in [0.3, 0.4) is 0 Å². The van der Waals surface area contributed by atoms with Crippen LogP contribution in [-0.2, 0) is 4.74 Å². The van der Waals surface area contributed by atoms with Gasteiger partial charge in [0, 0.05) is 5.56 Å². The van der Waals surface area contributed by atoms with Crippen LogP contribution in [0.1, 0.15) is 63.0 Å². The number of nitrogens with zero attached hydrogens (tertiary/aromatic N) is 3. The predicted octanol–water partition coefficient (Wildman–Crippen LogP) is 2.97. The molecule has 27 heavy (non-hydrogen) atoms. The molecule has 0 unspecified atom stereocenters. The van der Waals surface area contributed by atoms with Crippen LogP contribution in [0.15, 0.2) is 51.3 Å². The summed E-state index contributed by atoms with van der Waals surface area (Å²) in [6, 6.07) is 8.06. The first-order valence-corrected chi connectivity index (χ1v) is 9.38. The lowest BCUT2D eigenvalue weighted by Gasteiger charge is -2.25. The van der Waals surface area contributed by atoms with Crippen molar-refractivity contribution in [1.29, 1.82) is 0 Å². The topological polar surface area (TPSA) is 124 Å². The highest BCUT2D eigenvalue weighted by Crippen LogP contribution is 2.23. The highest BCUT2D eigenvalue weighted by Gasteiger charge is 2.29. The standard InChI is InChI=1S/C20H30N6O/c1-3-4-5-6-7-15(2)16-8-10-17(11-9-16)19-20(22,23)27-14-24-13-26-18(21)12-25-19/h8-15H,3-7,21-23H2,1-2H3/b18-12+,24-14?,25-19?,26-13?/t15-/m0/s1. The zero-order valence-corrected chi connectivity index (χ0v) is 16.1. The van der Waals surface area contributed by atoms with Crippen LogP contribution < -0.4 is 17.2 Å². The highest BCUT2D eigenvalue weighted by molar-refractivity contribution is 6.06. The fourth-order valence-corrected chi connectivity index (χ4v) is 2.88. The largest absolute Gasteiger partial charge is 0.443 e. The molecule has 0 saturated heterocycles. The molecule has 1 aliphatic rings. The summed E-state index contributed by atoms with van der Waals surface area (Å²) in [6.45, 7) is 4.48. The minimum Gasteiger partial charge on any atom is -0.443 e. The van der Waals surface area contributed by atoms with E-state index in [1.54, 1.807) is 0 Å². The van der Waals surface area contributed by atoms with E-state index in [0.29, 0.717) is 11.6 Å². The van der Waals surface area contributed by atoms with Gasteiger partial charge in [0.25, 0.3) is 5.85 Å². The smallest absolute Gasteiger partial charge is 0.258 e. The zero-order chi connectivity index (χ0) is 19.7. The summed E-state index contributed by atoms with van der Waals surface area (Å²) in [4.78, 5) is 12.0. The molecule has 0 aromatic heterocycles. The van der Waals surface area contributed by atoms with Crippen molar-refractivity contribution in [3.63, 3.8) is 0 Å². The lowest BCUT2D eigenvalue weighted by atomic mass is 9.93. The molecule has 1 aromatic carbocycles. The Hall–Kier alpha value is -2.51. The van der Waals surface area contributed by atoms with E-state index in [-0.39, 0.29) is 5.82 Å². The number of nitrogens with two attached hydrogens (primary N) is 3. The lowest BCUT2D eigenvalue weighted by Crippen LogP contribution is -2.58.